The average Bonchev–Trinajstić information content (AvgIpc) is 3.52. The number of nitrogens with one attached hydrogen (secondary N) is 3. The highest BCUT2D eigenvalue weighted by Crippen LogP contribution is 2.25. The van der Waals surface area contributed by atoms with Gasteiger partial charge in [-0.2, -0.15) is 0 Å². The molecule has 0 spiro atoms. The first kappa shape index (κ1) is 28.6. The van der Waals surface area contributed by atoms with E-state index in [1.165, 1.54) is 23.0 Å². The zero-order valence-corrected chi connectivity index (χ0v) is 23.9. The van der Waals surface area contributed by atoms with E-state index in [1.54, 1.807) is 12.3 Å². The third kappa shape index (κ3) is 7.84. The molecule has 0 aliphatic carbocycles. The predicted octanol–water partition coefficient (Wildman–Crippen LogP) is 5.71. The summed E-state index contributed by atoms with van der Waals surface area (Å²) in [6.07, 6.45) is 5.88. The van der Waals surface area contributed by atoms with Gasteiger partial charge in [-0.05, 0) is 72.1 Å². The zero-order chi connectivity index (χ0) is 28.6. The highest BCUT2D eigenvalue weighted by molar-refractivity contribution is 5.96. The molecule has 0 saturated heterocycles. The van der Waals surface area contributed by atoms with Crippen molar-refractivity contribution in [2.75, 3.05) is 18.4 Å². The maximum absolute atomic E-state index is 13.7. The number of amides is 1. The molecule has 0 radical (unpaired) electrons. The summed E-state index contributed by atoms with van der Waals surface area (Å²) in [7, 11) is 0. The number of hydrogen-bond donors (Lipinski definition) is 4. The summed E-state index contributed by atoms with van der Waals surface area (Å²) < 4.78 is 5.53. The van der Waals surface area contributed by atoms with Crippen molar-refractivity contribution in [1.29, 1.82) is 0 Å². The Hall–Kier alpha value is -3.94. The van der Waals surface area contributed by atoms with Crippen molar-refractivity contribution in [3.8, 4) is 11.5 Å². The zero-order valence-electron chi connectivity index (χ0n) is 23.9. The molecule has 0 fully saturated rings. The van der Waals surface area contributed by atoms with Crippen molar-refractivity contribution in [2.24, 2.45) is 0 Å². The van der Waals surface area contributed by atoms with E-state index < -0.39 is 12.1 Å². The van der Waals surface area contributed by atoms with Crippen molar-refractivity contribution in [3.05, 3.63) is 107 Å². The number of hydrogen-bond acceptors (Lipinski definition) is 6. The fraction of sp³-hybridized carbons (Fsp3) is 0.353. The second kappa shape index (κ2) is 13.6. The minimum Gasteiger partial charge on any atom is -0.445 e. The second-order valence-electron chi connectivity index (χ2n) is 11.2. The van der Waals surface area contributed by atoms with Crippen LogP contribution in [0, 0.1) is 0 Å². The lowest BCUT2D eigenvalue weighted by molar-refractivity contribution is 0.0830. The minimum atomic E-state index is -0.793. The molecule has 7 heteroatoms. The van der Waals surface area contributed by atoms with E-state index in [0.717, 1.165) is 42.6 Å². The monoisotopic (exact) mass is 552 g/mol. The molecule has 41 heavy (non-hydrogen) atoms. The van der Waals surface area contributed by atoms with Gasteiger partial charge in [0.05, 0.1) is 18.3 Å². The summed E-state index contributed by atoms with van der Waals surface area (Å²) in [5.74, 6) is 0.665. The van der Waals surface area contributed by atoms with E-state index >= 15 is 0 Å². The summed E-state index contributed by atoms with van der Waals surface area (Å²) in [5, 5.41) is 21.4. The fourth-order valence-corrected chi connectivity index (χ4v) is 5.31. The first-order valence-electron chi connectivity index (χ1n) is 14.6. The van der Waals surface area contributed by atoms with Crippen molar-refractivity contribution in [3.63, 3.8) is 0 Å². The van der Waals surface area contributed by atoms with Gasteiger partial charge >= 0.3 is 0 Å². The molecule has 4 N–H and O–H groups in total. The van der Waals surface area contributed by atoms with Crippen LogP contribution in [0.5, 0.6) is 0 Å². The lowest BCUT2D eigenvalue weighted by Gasteiger charge is -2.25. The molecule has 2 heterocycles. The number of fused-ring (bicyclic) bond motifs is 4. The number of carbonyl (C=O) groups is 1. The molecule has 1 aliphatic rings. The lowest BCUT2D eigenvalue weighted by atomic mass is 9.97. The molecule has 4 bridgehead atoms. The van der Waals surface area contributed by atoms with Gasteiger partial charge in [-0.25, -0.2) is 4.98 Å². The average molecular weight is 553 g/mol. The summed E-state index contributed by atoms with van der Waals surface area (Å²) in [5.41, 5.74) is 6.88. The van der Waals surface area contributed by atoms with Gasteiger partial charge in [0.25, 0.3) is 5.91 Å². The fourth-order valence-electron chi connectivity index (χ4n) is 5.31. The van der Waals surface area contributed by atoms with Crippen molar-refractivity contribution >= 4 is 11.6 Å². The van der Waals surface area contributed by atoms with Crippen LogP contribution in [0.1, 0.15) is 65.2 Å². The van der Waals surface area contributed by atoms with Gasteiger partial charge in [-0.1, -0.05) is 62.4 Å². The molecular weight excluding hydrogens is 512 g/mol. The smallest absolute Gasteiger partial charge is 0.251 e. The van der Waals surface area contributed by atoms with E-state index in [2.05, 4.69) is 83.3 Å². The number of aliphatic hydroxyl groups excluding tert-OH is 1. The van der Waals surface area contributed by atoms with Crippen LogP contribution < -0.4 is 16.0 Å². The Morgan fingerprint density at radius 3 is 2.68 bits per heavy atom. The summed E-state index contributed by atoms with van der Waals surface area (Å²) in [6.45, 7) is 6.15. The molecule has 0 unspecified atom stereocenters. The Morgan fingerprint density at radius 2 is 1.85 bits per heavy atom. The Balaban J connectivity index is 1.37. The van der Waals surface area contributed by atoms with Crippen molar-refractivity contribution < 1.29 is 14.3 Å². The molecule has 5 rings (SSSR count). The number of rotatable bonds is 7. The molecule has 1 amide bonds. The van der Waals surface area contributed by atoms with Gasteiger partial charge < -0.3 is 25.5 Å². The first-order valence-corrected chi connectivity index (χ1v) is 14.6. The van der Waals surface area contributed by atoms with E-state index in [1.807, 2.05) is 12.1 Å². The maximum Gasteiger partial charge on any atom is 0.251 e. The Bertz CT molecular complexity index is 1430. The van der Waals surface area contributed by atoms with Gasteiger partial charge in [0.2, 0.25) is 5.89 Å². The van der Waals surface area contributed by atoms with Gasteiger partial charge in [-0.3, -0.25) is 4.79 Å². The molecule has 214 valence electrons. The van der Waals surface area contributed by atoms with E-state index in [4.69, 9.17) is 4.42 Å². The number of oxazole rings is 1. The molecule has 7 nitrogen and oxygen atoms in total. The number of benzene rings is 3. The van der Waals surface area contributed by atoms with Crippen LogP contribution in [0.2, 0.25) is 0 Å². The summed E-state index contributed by atoms with van der Waals surface area (Å²) in [6, 6.07) is 22.1. The topological polar surface area (TPSA) is 99.4 Å². The van der Waals surface area contributed by atoms with Gasteiger partial charge in [0.1, 0.15) is 6.26 Å². The number of carbonyl (C=O) groups excluding carboxylic acids is 1. The van der Waals surface area contributed by atoms with Gasteiger partial charge in [0, 0.05) is 36.4 Å². The minimum absolute atomic E-state index is 0.249. The third-order valence-corrected chi connectivity index (χ3v) is 7.62. The molecule has 1 aromatic heterocycles. The molecule has 0 saturated carbocycles. The number of anilines is 1. The molecule has 2 atom stereocenters. The second-order valence-corrected chi connectivity index (χ2v) is 11.2. The van der Waals surface area contributed by atoms with E-state index in [9.17, 15) is 9.90 Å². The standard InChI is InChI=1S/C34H40N4O3/c1-23(2)27-11-6-10-26(16-27)21-35-22-32(39)31-17-25-9-5-8-24(15-25)7-3-4-12-36-30-19-28(33(40)38-31)18-29(20-30)34-37-13-14-41-34/h5-6,8-11,13-16,18-20,23,31-32,35-36,39H,3-4,7,12,17,21-22H2,1-2H3,(H,38,40)/t31-,32+/m0/s1. The predicted molar refractivity (Wildman–Crippen MR) is 163 cm³/mol. The van der Waals surface area contributed by atoms with Crippen molar-refractivity contribution in [1.82, 2.24) is 15.6 Å². The van der Waals surface area contributed by atoms with E-state index in [0.29, 0.717) is 36.9 Å². The molecule has 4 aromatic rings. The maximum atomic E-state index is 13.7. The number of nitrogens with zero attached hydrogens (tertiary/aromatic N) is 1. The van der Waals surface area contributed by atoms with Crippen LogP contribution in [0.15, 0.2) is 83.6 Å². The van der Waals surface area contributed by atoms with Crippen LogP contribution in [0.25, 0.3) is 11.5 Å². The summed E-state index contributed by atoms with van der Waals surface area (Å²) >= 11 is 0. The lowest BCUT2D eigenvalue weighted by Crippen LogP contribution is -2.48. The Kier molecular flexibility index (Phi) is 9.49. The van der Waals surface area contributed by atoms with Crippen LogP contribution >= 0.6 is 0 Å². The largest absolute Gasteiger partial charge is 0.445 e. The van der Waals surface area contributed by atoms with Crippen LogP contribution in [0.4, 0.5) is 5.69 Å². The highest BCUT2D eigenvalue weighted by Gasteiger charge is 2.24. The first-order chi connectivity index (χ1) is 19.9. The van der Waals surface area contributed by atoms with Crippen LogP contribution in [-0.2, 0) is 19.4 Å². The number of aryl methyl sites for hydroxylation is 1. The number of aromatic nitrogens is 1. The van der Waals surface area contributed by atoms with Gasteiger partial charge in [-0.15, -0.1) is 0 Å². The van der Waals surface area contributed by atoms with Crippen LogP contribution in [-0.4, -0.2) is 41.2 Å². The molecular formula is C34H40N4O3. The summed E-state index contributed by atoms with van der Waals surface area (Å²) in [4.78, 5) is 17.9. The highest BCUT2D eigenvalue weighted by atomic mass is 16.3. The number of aliphatic hydroxyl groups is 1. The molecule has 3 aromatic carbocycles. The third-order valence-electron chi connectivity index (χ3n) is 7.62. The van der Waals surface area contributed by atoms with Gasteiger partial charge in [0.15, 0.2) is 0 Å². The molecule has 1 aliphatic heterocycles. The SMILES string of the molecule is CC(C)c1cccc(CNC[C@@H](O)[C@@H]2Cc3cccc(c3)CCCCNc3cc(cc(-c4ncco4)c3)C(=O)N2)c1. The van der Waals surface area contributed by atoms with Crippen molar-refractivity contribution in [2.45, 2.75) is 64.1 Å². The Morgan fingerprint density at radius 1 is 1.02 bits per heavy atom. The van der Waals surface area contributed by atoms with E-state index in [-0.39, 0.29) is 5.91 Å². The Labute approximate surface area is 242 Å². The normalized spacial score (nSPS) is 16.8. The quantitative estimate of drug-likeness (QED) is 0.235. The van der Waals surface area contributed by atoms with Crippen LogP contribution in [0.3, 0.4) is 0 Å².